The summed E-state index contributed by atoms with van der Waals surface area (Å²) in [5.74, 6) is -0.122. The fraction of sp³-hybridized carbons (Fsp3) is 0.423. The molecule has 0 aliphatic carbocycles. The van der Waals surface area contributed by atoms with Gasteiger partial charge in [-0.2, -0.15) is 5.26 Å². The van der Waals surface area contributed by atoms with Gasteiger partial charge in [0.1, 0.15) is 0 Å². The Kier molecular flexibility index (Phi) is 6.57. The second-order valence-corrected chi connectivity index (χ2v) is 9.20. The Bertz CT molecular complexity index is 1020. The van der Waals surface area contributed by atoms with Gasteiger partial charge in [-0.25, -0.2) is 0 Å². The van der Waals surface area contributed by atoms with Gasteiger partial charge >= 0.3 is 0 Å². The van der Waals surface area contributed by atoms with E-state index >= 15 is 0 Å². The highest BCUT2D eigenvalue weighted by Crippen LogP contribution is 2.41. The summed E-state index contributed by atoms with van der Waals surface area (Å²) in [7, 11) is 0. The molecule has 6 nitrogen and oxygen atoms in total. The van der Waals surface area contributed by atoms with Crippen LogP contribution < -0.4 is 5.73 Å². The molecule has 2 aromatic rings. The Morgan fingerprint density at radius 2 is 1.81 bits per heavy atom. The minimum atomic E-state index is -0.364. The second-order valence-electron chi connectivity index (χ2n) is 9.20. The number of carbonyl (C=O) groups excluding carboxylic acids is 2. The zero-order valence-electron chi connectivity index (χ0n) is 18.4. The molecule has 2 amide bonds. The van der Waals surface area contributed by atoms with Crippen molar-refractivity contribution in [1.82, 2.24) is 9.80 Å². The van der Waals surface area contributed by atoms with Gasteiger partial charge in [-0.05, 0) is 80.1 Å². The van der Waals surface area contributed by atoms with Crippen LogP contribution in [0.4, 0.5) is 0 Å². The van der Waals surface area contributed by atoms with E-state index in [1.165, 1.54) is 0 Å². The van der Waals surface area contributed by atoms with Gasteiger partial charge in [0.25, 0.3) is 0 Å². The molecule has 0 radical (unpaired) electrons. The van der Waals surface area contributed by atoms with Crippen LogP contribution >= 0.6 is 0 Å². The number of nitriles is 1. The molecule has 0 bridgehead atoms. The first-order chi connectivity index (χ1) is 15.5. The van der Waals surface area contributed by atoms with E-state index < -0.39 is 0 Å². The monoisotopic (exact) mass is 430 g/mol. The van der Waals surface area contributed by atoms with Crippen molar-refractivity contribution in [3.8, 4) is 6.07 Å². The number of primary amides is 1. The molecule has 0 aromatic heterocycles. The smallest absolute Gasteiger partial charge is 0.248 e. The van der Waals surface area contributed by atoms with Gasteiger partial charge in [0.15, 0.2) is 0 Å². The standard InChI is InChI=1S/C26H30N4O2/c27-17-20-7-9-21(10-8-20)18-30-19-26(16-24(30)31)11-14-29(15-12-26)13-3-5-22-4-1-2-6-23(22)25(28)32/h1-2,4,6-10H,3,5,11-16,18-19H2,(H2,28,32). The molecule has 32 heavy (non-hydrogen) atoms. The van der Waals surface area contributed by atoms with E-state index in [9.17, 15) is 9.59 Å². The third-order valence-electron chi connectivity index (χ3n) is 6.98. The van der Waals surface area contributed by atoms with Crippen LogP contribution in [0.15, 0.2) is 48.5 Å². The lowest BCUT2D eigenvalue weighted by atomic mass is 9.77. The molecule has 2 aliphatic rings. The number of nitrogens with two attached hydrogens (primary N) is 1. The first-order valence-corrected chi connectivity index (χ1v) is 11.3. The zero-order valence-corrected chi connectivity index (χ0v) is 18.4. The van der Waals surface area contributed by atoms with Crippen molar-refractivity contribution in [2.45, 2.75) is 38.6 Å². The van der Waals surface area contributed by atoms with Crippen molar-refractivity contribution >= 4 is 11.8 Å². The van der Waals surface area contributed by atoms with Crippen LogP contribution in [-0.2, 0) is 17.8 Å². The third kappa shape index (κ3) is 5.00. The summed E-state index contributed by atoms with van der Waals surface area (Å²) in [6.07, 6.45) is 4.56. The molecule has 6 heteroatoms. The number of piperidine rings is 1. The zero-order chi connectivity index (χ0) is 22.6. The summed E-state index contributed by atoms with van der Waals surface area (Å²) in [5.41, 5.74) is 8.94. The lowest BCUT2D eigenvalue weighted by Gasteiger charge is -2.39. The van der Waals surface area contributed by atoms with Gasteiger partial charge in [-0.3, -0.25) is 9.59 Å². The van der Waals surface area contributed by atoms with Gasteiger partial charge in [-0.1, -0.05) is 30.3 Å². The summed E-state index contributed by atoms with van der Waals surface area (Å²) in [6, 6.07) is 17.2. The number of rotatable bonds is 7. The maximum Gasteiger partial charge on any atom is 0.248 e. The third-order valence-corrected chi connectivity index (χ3v) is 6.98. The van der Waals surface area contributed by atoms with Crippen LogP contribution in [0.5, 0.6) is 0 Å². The van der Waals surface area contributed by atoms with Crippen molar-refractivity contribution in [3.05, 3.63) is 70.8 Å². The highest BCUT2D eigenvalue weighted by molar-refractivity contribution is 5.94. The Morgan fingerprint density at radius 3 is 2.50 bits per heavy atom. The predicted octanol–water partition coefficient (Wildman–Crippen LogP) is 3.10. The molecule has 2 aliphatic heterocycles. The Hall–Kier alpha value is -3.17. The number of hydrogen-bond donors (Lipinski definition) is 1. The molecule has 166 valence electrons. The van der Waals surface area contributed by atoms with Gasteiger partial charge in [0.05, 0.1) is 11.6 Å². The van der Waals surface area contributed by atoms with E-state index in [1.807, 2.05) is 47.4 Å². The minimum Gasteiger partial charge on any atom is -0.366 e. The van der Waals surface area contributed by atoms with Gasteiger partial charge in [0.2, 0.25) is 11.8 Å². The summed E-state index contributed by atoms with van der Waals surface area (Å²) >= 11 is 0. The number of likely N-dealkylation sites (tertiary alicyclic amines) is 2. The average molecular weight is 431 g/mol. The van der Waals surface area contributed by atoms with Crippen LogP contribution in [0.3, 0.4) is 0 Å². The number of benzene rings is 2. The highest BCUT2D eigenvalue weighted by atomic mass is 16.2. The summed E-state index contributed by atoms with van der Waals surface area (Å²) < 4.78 is 0. The van der Waals surface area contributed by atoms with E-state index in [-0.39, 0.29) is 17.2 Å². The van der Waals surface area contributed by atoms with Crippen molar-refractivity contribution in [3.63, 3.8) is 0 Å². The molecular weight excluding hydrogens is 400 g/mol. The molecule has 0 saturated carbocycles. The second kappa shape index (κ2) is 9.54. The van der Waals surface area contributed by atoms with E-state index in [0.29, 0.717) is 24.1 Å². The van der Waals surface area contributed by atoms with Gasteiger partial charge < -0.3 is 15.5 Å². The van der Waals surface area contributed by atoms with E-state index in [4.69, 9.17) is 11.0 Å². The lowest BCUT2D eigenvalue weighted by molar-refractivity contribution is -0.128. The van der Waals surface area contributed by atoms with Gasteiger partial charge in [-0.15, -0.1) is 0 Å². The normalized spacial score (nSPS) is 18.1. The summed E-state index contributed by atoms with van der Waals surface area (Å²) in [4.78, 5) is 28.8. The topological polar surface area (TPSA) is 90.4 Å². The van der Waals surface area contributed by atoms with Crippen molar-refractivity contribution < 1.29 is 9.59 Å². The van der Waals surface area contributed by atoms with E-state index in [1.54, 1.807) is 6.07 Å². The van der Waals surface area contributed by atoms with Crippen molar-refractivity contribution in [2.75, 3.05) is 26.2 Å². The van der Waals surface area contributed by atoms with Crippen LogP contribution in [0.25, 0.3) is 0 Å². The molecule has 4 rings (SSSR count). The summed E-state index contributed by atoms with van der Waals surface area (Å²) in [5, 5.41) is 8.95. The fourth-order valence-corrected chi connectivity index (χ4v) is 5.09. The lowest BCUT2D eigenvalue weighted by Crippen LogP contribution is -2.42. The van der Waals surface area contributed by atoms with Gasteiger partial charge in [0, 0.05) is 25.1 Å². The molecule has 2 saturated heterocycles. The number of amides is 2. The van der Waals surface area contributed by atoms with Crippen LogP contribution in [0, 0.1) is 16.7 Å². The molecule has 1 spiro atoms. The minimum absolute atomic E-state index is 0.0960. The fourth-order valence-electron chi connectivity index (χ4n) is 5.09. The number of carbonyl (C=O) groups is 2. The molecule has 2 fully saturated rings. The molecule has 0 unspecified atom stereocenters. The molecule has 2 aromatic carbocycles. The van der Waals surface area contributed by atoms with Crippen LogP contribution in [-0.4, -0.2) is 47.8 Å². The number of hydrogen-bond acceptors (Lipinski definition) is 4. The van der Waals surface area contributed by atoms with Crippen LogP contribution in [0.1, 0.15) is 52.7 Å². The maximum absolute atomic E-state index is 12.7. The predicted molar refractivity (Wildman–Crippen MR) is 123 cm³/mol. The average Bonchev–Trinajstić information content (AvgIpc) is 3.10. The van der Waals surface area contributed by atoms with Crippen molar-refractivity contribution in [2.24, 2.45) is 11.1 Å². The van der Waals surface area contributed by atoms with E-state index in [2.05, 4.69) is 11.0 Å². The Morgan fingerprint density at radius 1 is 1.09 bits per heavy atom. The number of aryl methyl sites for hydroxylation is 1. The summed E-state index contributed by atoms with van der Waals surface area (Å²) in [6.45, 7) is 4.46. The maximum atomic E-state index is 12.7. The highest BCUT2D eigenvalue weighted by Gasteiger charge is 2.44. The molecular formula is C26H30N4O2. The molecule has 2 heterocycles. The first kappa shape index (κ1) is 22.0. The SMILES string of the molecule is N#Cc1ccc(CN2CC3(CCN(CCCc4ccccc4C(N)=O)CC3)CC2=O)cc1. The van der Waals surface area contributed by atoms with E-state index in [0.717, 1.165) is 63.0 Å². The molecule has 0 atom stereocenters. The number of nitrogens with zero attached hydrogens (tertiary/aromatic N) is 3. The Labute approximate surface area is 189 Å². The Balaban J connectivity index is 1.25. The van der Waals surface area contributed by atoms with Crippen molar-refractivity contribution in [1.29, 1.82) is 5.26 Å². The largest absolute Gasteiger partial charge is 0.366 e. The molecule has 2 N–H and O–H groups in total. The van der Waals surface area contributed by atoms with Crippen LogP contribution in [0.2, 0.25) is 0 Å². The quantitative estimate of drug-likeness (QED) is 0.731. The first-order valence-electron chi connectivity index (χ1n) is 11.3.